The van der Waals surface area contributed by atoms with E-state index in [1.54, 1.807) is 0 Å². The smallest absolute Gasteiger partial charge is 0 e. The molecule has 0 saturated carbocycles. The average Bonchev–Trinajstić information content (AvgIpc) is 0. The van der Waals surface area contributed by atoms with Gasteiger partial charge in [-0.2, -0.15) is 0 Å². The van der Waals surface area contributed by atoms with Crippen molar-refractivity contribution in [3.8, 4) is 0 Å². The molecule has 0 aliphatic heterocycles. The summed E-state index contributed by atoms with van der Waals surface area (Å²) in [6.45, 7) is 0. The van der Waals surface area contributed by atoms with Crippen LogP contribution in [-0.4, -0.2) is 0 Å². The summed E-state index contributed by atoms with van der Waals surface area (Å²) in [4.78, 5) is 0. The summed E-state index contributed by atoms with van der Waals surface area (Å²) in [5.41, 5.74) is 0. The average molecular weight is 175 g/mol. The maximum Gasteiger partial charge on any atom is 0 e. The van der Waals surface area contributed by atoms with Gasteiger partial charge in [-0.3, -0.25) is 0 Å². The molecule has 0 aliphatic carbocycles. The maximum absolute atomic E-state index is 0. The third-order valence-corrected chi connectivity index (χ3v) is 0. The van der Waals surface area contributed by atoms with Crippen LogP contribution < -0.4 is 0 Å². The summed E-state index contributed by atoms with van der Waals surface area (Å²) < 4.78 is 0. The molecular weight excluding hydrogens is 175 g/mol. The minimum Gasteiger partial charge on any atom is 0 e. The minimum absolute atomic E-state index is 0. The van der Waals surface area contributed by atoms with Crippen molar-refractivity contribution in [2.24, 2.45) is 0 Å². The first-order valence-corrected chi connectivity index (χ1v) is 0. The van der Waals surface area contributed by atoms with Gasteiger partial charge in [0.15, 0.2) is 0 Å². The van der Waals surface area contributed by atoms with Gasteiger partial charge in [0.05, 0.1) is 0 Å². The fourth-order valence-electron chi connectivity index (χ4n) is 0. The molecule has 0 fully saturated rings. The van der Waals surface area contributed by atoms with Gasteiger partial charge < -0.3 is 0 Å². The van der Waals surface area contributed by atoms with Crippen LogP contribution in [0.5, 0.6) is 0 Å². The van der Waals surface area contributed by atoms with E-state index < -0.39 is 0 Å². The molecule has 0 aromatic rings. The Hall–Kier alpha value is 1.48. The molecule has 0 rings (SSSR count). The summed E-state index contributed by atoms with van der Waals surface area (Å²) in [5.74, 6) is 0. The number of hydrogen-bond acceptors (Lipinski definition) is 0. The van der Waals surface area contributed by atoms with Crippen molar-refractivity contribution in [3.63, 3.8) is 0 Å². The van der Waals surface area contributed by atoms with Crippen molar-refractivity contribution in [3.05, 3.63) is 7.43 Å². The van der Waals surface area contributed by atoms with Crippen LogP contribution in [-0.2, 0) is 19.5 Å². The van der Waals surface area contributed by atoms with E-state index in [9.17, 15) is 0 Å². The Morgan fingerprint density at radius 3 is 0.750 bits per heavy atom. The quantitative estimate of drug-likeness (QED) is 0.389. The zero-order chi connectivity index (χ0) is 0. The molecule has 0 nitrogen and oxygen atoms in total. The van der Waals surface area contributed by atoms with Crippen molar-refractivity contribution in [2.75, 3.05) is 0 Å². The third kappa shape index (κ3) is 9.76. The van der Waals surface area contributed by atoms with Gasteiger partial charge in [0.25, 0.3) is 0 Å². The van der Waals surface area contributed by atoms with Gasteiger partial charge in [-0.15, -0.1) is 0 Å². The summed E-state index contributed by atoms with van der Waals surface area (Å²) in [5, 5.41) is 0. The molecular formula is CP2Ru. The third-order valence-electron chi connectivity index (χ3n) is 0. The van der Waals surface area contributed by atoms with Gasteiger partial charge in [0.2, 0.25) is 0 Å². The largest absolute Gasteiger partial charge is 0 e. The molecule has 0 aromatic carbocycles. The zero-order valence-electron chi connectivity index (χ0n) is 1.75. The van der Waals surface area contributed by atoms with Crippen LogP contribution in [0.2, 0.25) is 0 Å². The predicted octanol–water partition coefficient (Wildman–Crippen LogP) is 1.80. The summed E-state index contributed by atoms with van der Waals surface area (Å²) in [7, 11) is 0. The predicted molar refractivity (Wildman–Crippen MR) is 17.1 cm³/mol. The molecule has 0 N–H and O–H groups in total. The van der Waals surface area contributed by atoms with Gasteiger partial charge >= 0.3 is 0 Å². The van der Waals surface area contributed by atoms with E-state index in [1.165, 1.54) is 0 Å². The first-order valence-electron chi connectivity index (χ1n) is 0. The molecule has 0 atom stereocenters. The van der Waals surface area contributed by atoms with Gasteiger partial charge in [-0.05, 0) is 0 Å². The van der Waals surface area contributed by atoms with Gasteiger partial charge in [-0.25, -0.2) is 0 Å². The Morgan fingerprint density at radius 2 is 0.750 bits per heavy atom. The Kier molecular flexibility index (Phi) is 310. The van der Waals surface area contributed by atoms with Crippen molar-refractivity contribution in [2.45, 2.75) is 0 Å². The molecule has 3 heteroatoms. The van der Waals surface area contributed by atoms with Crippen molar-refractivity contribution in [1.29, 1.82) is 0 Å². The Labute approximate surface area is 47.1 Å². The molecule has 0 spiro atoms. The normalized spacial score (nSPS) is 0. The minimum atomic E-state index is 0. The van der Waals surface area contributed by atoms with Crippen LogP contribution in [0, 0.1) is 7.43 Å². The topological polar surface area (TPSA) is 0 Å². The van der Waals surface area contributed by atoms with Crippen molar-refractivity contribution < 1.29 is 19.5 Å². The maximum atomic E-state index is 0. The van der Waals surface area contributed by atoms with Crippen molar-refractivity contribution >= 4 is 19.8 Å². The SMILES string of the molecule is [C].[P].[P].[Ru]. The van der Waals surface area contributed by atoms with Crippen LogP contribution >= 0.6 is 19.8 Å². The fraction of sp³-hybridized carbons (Fsp3) is 0. The molecule has 0 unspecified atom stereocenters. The zero-order valence-corrected chi connectivity index (χ0v) is 5.27. The molecule has 0 aromatic heterocycles. The fourth-order valence-corrected chi connectivity index (χ4v) is 0. The molecule has 0 amide bonds. The van der Waals surface area contributed by atoms with Crippen LogP contribution in [0.3, 0.4) is 0 Å². The Morgan fingerprint density at radius 1 is 0.750 bits per heavy atom. The van der Waals surface area contributed by atoms with Gasteiger partial charge in [0.1, 0.15) is 0 Å². The van der Waals surface area contributed by atoms with Gasteiger partial charge in [-0.1, -0.05) is 0 Å². The number of rotatable bonds is 0. The second kappa shape index (κ2) is 24.7. The molecule has 22 valence electrons. The van der Waals surface area contributed by atoms with E-state index in [-0.39, 0.29) is 46.7 Å². The van der Waals surface area contributed by atoms with E-state index in [1.807, 2.05) is 0 Å². The summed E-state index contributed by atoms with van der Waals surface area (Å²) in [6.07, 6.45) is 0. The molecule has 0 saturated heterocycles. The first kappa shape index (κ1) is 50.1. The van der Waals surface area contributed by atoms with E-state index in [0.29, 0.717) is 0 Å². The van der Waals surface area contributed by atoms with E-state index in [4.69, 9.17) is 0 Å². The molecule has 4 heavy (non-hydrogen) atoms. The summed E-state index contributed by atoms with van der Waals surface area (Å²) in [6, 6.07) is 0. The van der Waals surface area contributed by atoms with Crippen LogP contribution in [0.1, 0.15) is 0 Å². The molecule has 10 radical (unpaired) electrons. The second-order valence-corrected chi connectivity index (χ2v) is 0. The van der Waals surface area contributed by atoms with E-state index in [2.05, 4.69) is 0 Å². The van der Waals surface area contributed by atoms with Crippen LogP contribution in [0.25, 0.3) is 0 Å². The molecule has 0 aliphatic rings. The molecule has 0 heterocycles. The van der Waals surface area contributed by atoms with Gasteiger partial charge in [0, 0.05) is 46.7 Å². The summed E-state index contributed by atoms with van der Waals surface area (Å²) >= 11 is 0. The number of hydrogen-bond donors (Lipinski definition) is 0. The second-order valence-electron chi connectivity index (χ2n) is 0. The standard InChI is InChI=1S/C.2P.Ru. The van der Waals surface area contributed by atoms with Crippen molar-refractivity contribution in [1.82, 2.24) is 0 Å². The van der Waals surface area contributed by atoms with E-state index >= 15 is 0 Å². The monoisotopic (exact) mass is 176 g/mol. The Bertz CT molecular complexity index is 6.00. The van der Waals surface area contributed by atoms with E-state index in [0.717, 1.165) is 0 Å². The first-order chi connectivity index (χ1) is 0. The Balaban J connectivity index is 0. The van der Waals surface area contributed by atoms with Crippen LogP contribution in [0.15, 0.2) is 0 Å². The van der Waals surface area contributed by atoms with Crippen LogP contribution in [0.4, 0.5) is 0 Å². The molecule has 0 bridgehead atoms.